The summed E-state index contributed by atoms with van der Waals surface area (Å²) in [4.78, 5) is 2.30. The molecule has 0 amide bonds. The molecule has 0 saturated carbocycles. The van der Waals surface area contributed by atoms with E-state index in [1.165, 1.54) is 4.31 Å². The van der Waals surface area contributed by atoms with E-state index in [4.69, 9.17) is 4.74 Å². The molecule has 0 bridgehead atoms. The highest BCUT2D eigenvalue weighted by molar-refractivity contribution is 7.89. The number of nitrogens with zero attached hydrogens (tertiary/aromatic N) is 5. The summed E-state index contributed by atoms with van der Waals surface area (Å²) >= 11 is 0. The van der Waals surface area contributed by atoms with Crippen molar-refractivity contribution in [2.75, 3.05) is 39.5 Å². The second kappa shape index (κ2) is 6.23. The minimum absolute atomic E-state index is 0.186. The van der Waals surface area contributed by atoms with Crippen LogP contribution in [0.2, 0.25) is 0 Å². The van der Waals surface area contributed by atoms with Gasteiger partial charge in [0.2, 0.25) is 10.0 Å². The van der Waals surface area contributed by atoms with Crippen LogP contribution < -0.4 is 0 Å². The van der Waals surface area contributed by atoms with E-state index in [0.29, 0.717) is 13.0 Å². The summed E-state index contributed by atoms with van der Waals surface area (Å²) in [5, 5.41) is 8.14. The molecule has 9 heteroatoms. The summed E-state index contributed by atoms with van der Waals surface area (Å²) in [6.45, 7) is 3.13. The largest absolute Gasteiger partial charge is 0.370 e. The van der Waals surface area contributed by atoms with Crippen LogP contribution in [0, 0.1) is 0 Å². The number of ether oxygens (including phenoxy) is 1. The van der Waals surface area contributed by atoms with E-state index in [-0.39, 0.29) is 17.9 Å². The van der Waals surface area contributed by atoms with Crippen molar-refractivity contribution >= 4 is 10.0 Å². The van der Waals surface area contributed by atoms with Crippen molar-refractivity contribution in [3.8, 4) is 0 Å². The molecule has 8 nitrogen and oxygen atoms in total. The number of hydrogen-bond acceptors (Lipinski definition) is 6. The van der Waals surface area contributed by atoms with E-state index in [1.54, 1.807) is 20.3 Å². The molecule has 2 aliphatic rings. The van der Waals surface area contributed by atoms with Gasteiger partial charge in [0.25, 0.3) is 0 Å². The van der Waals surface area contributed by atoms with Crippen molar-refractivity contribution in [2.45, 2.75) is 31.6 Å². The normalized spacial score (nSPS) is 26.0. The van der Waals surface area contributed by atoms with Gasteiger partial charge in [0.15, 0.2) is 0 Å². The summed E-state index contributed by atoms with van der Waals surface area (Å²) in [6, 6.07) is 0.186. The lowest BCUT2D eigenvalue weighted by Gasteiger charge is -2.41. The van der Waals surface area contributed by atoms with Crippen molar-refractivity contribution in [1.29, 1.82) is 0 Å². The standard InChI is InChI=1S/C13H23N5O3S/c1-16(2)22(19,20)7-3-5-17-6-4-13-12(9-17)18-11(10-21-13)8-14-15-18/h8,12-13H,3-7,9-10H2,1-2H3/t12-,13+/m0/s1. The molecule has 1 aromatic heterocycles. The maximum atomic E-state index is 11.8. The van der Waals surface area contributed by atoms with E-state index in [1.807, 2.05) is 4.68 Å². The van der Waals surface area contributed by atoms with Gasteiger partial charge in [-0.2, -0.15) is 0 Å². The van der Waals surface area contributed by atoms with Gasteiger partial charge in [0.05, 0.1) is 36.4 Å². The summed E-state index contributed by atoms with van der Waals surface area (Å²) < 4.78 is 32.7. The monoisotopic (exact) mass is 329 g/mol. The number of aromatic nitrogens is 3. The molecule has 0 spiro atoms. The van der Waals surface area contributed by atoms with E-state index in [2.05, 4.69) is 15.2 Å². The molecule has 0 radical (unpaired) electrons. The topological polar surface area (TPSA) is 80.6 Å². The van der Waals surface area contributed by atoms with E-state index in [9.17, 15) is 8.42 Å². The fourth-order valence-electron chi connectivity index (χ4n) is 3.10. The predicted octanol–water partition coefficient (Wildman–Crippen LogP) is -0.295. The van der Waals surface area contributed by atoms with Crippen molar-refractivity contribution in [3.05, 3.63) is 11.9 Å². The lowest BCUT2D eigenvalue weighted by molar-refractivity contribution is -0.0654. The second-order valence-corrected chi connectivity index (χ2v) is 8.43. The first kappa shape index (κ1) is 15.9. The molecule has 3 heterocycles. The highest BCUT2D eigenvalue weighted by atomic mass is 32.2. The van der Waals surface area contributed by atoms with Gasteiger partial charge in [-0.15, -0.1) is 5.10 Å². The van der Waals surface area contributed by atoms with Crippen LogP contribution in [0.15, 0.2) is 6.20 Å². The minimum atomic E-state index is -3.11. The first-order valence-electron chi connectivity index (χ1n) is 7.60. The van der Waals surface area contributed by atoms with Crippen molar-refractivity contribution < 1.29 is 13.2 Å². The van der Waals surface area contributed by atoms with E-state index >= 15 is 0 Å². The zero-order chi connectivity index (χ0) is 15.7. The average Bonchev–Trinajstić information content (AvgIpc) is 2.95. The zero-order valence-electron chi connectivity index (χ0n) is 13.1. The molecule has 1 aromatic rings. The molecule has 3 rings (SSSR count). The summed E-state index contributed by atoms with van der Waals surface area (Å²) in [7, 11) is 0.0440. The highest BCUT2D eigenvalue weighted by Gasteiger charge is 2.36. The van der Waals surface area contributed by atoms with Crippen LogP contribution in [0.25, 0.3) is 0 Å². The van der Waals surface area contributed by atoms with Gasteiger partial charge in [0.1, 0.15) is 0 Å². The van der Waals surface area contributed by atoms with Crippen LogP contribution in [0.5, 0.6) is 0 Å². The predicted molar refractivity (Wildman–Crippen MR) is 80.8 cm³/mol. The van der Waals surface area contributed by atoms with Gasteiger partial charge >= 0.3 is 0 Å². The smallest absolute Gasteiger partial charge is 0.213 e. The summed E-state index contributed by atoms with van der Waals surface area (Å²) in [5.41, 5.74) is 1.01. The summed E-state index contributed by atoms with van der Waals surface area (Å²) in [5.74, 6) is 0.190. The van der Waals surface area contributed by atoms with Crippen LogP contribution in [0.4, 0.5) is 0 Å². The third-order valence-corrected chi connectivity index (χ3v) is 6.36. The highest BCUT2D eigenvalue weighted by Crippen LogP contribution is 2.29. The minimum Gasteiger partial charge on any atom is -0.370 e. The molecule has 1 fully saturated rings. The Bertz CT molecular complexity index is 615. The van der Waals surface area contributed by atoms with E-state index in [0.717, 1.165) is 31.7 Å². The Morgan fingerprint density at radius 1 is 1.45 bits per heavy atom. The Morgan fingerprint density at radius 3 is 3.05 bits per heavy atom. The molecule has 2 aliphatic heterocycles. The SMILES string of the molecule is CN(C)S(=O)(=O)CCCN1CC[C@H]2OCc3cnnn3[C@H]2C1. The molecule has 0 aromatic carbocycles. The molecule has 22 heavy (non-hydrogen) atoms. The zero-order valence-corrected chi connectivity index (χ0v) is 13.9. The van der Waals surface area contributed by atoms with Crippen LogP contribution in [0.1, 0.15) is 24.6 Å². The molecule has 1 saturated heterocycles. The third kappa shape index (κ3) is 3.17. The molecule has 0 unspecified atom stereocenters. The number of piperidine rings is 1. The Labute approximate surface area is 131 Å². The fourth-order valence-corrected chi connectivity index (χ4v) is 3.96. The first-order chi connectivity index (χ1) is 10.5. The Morgan fingerprint density at radius 2 is 2.27 bits per heavy atom. The lowest BCUT2D eigenvalue weighted by Crippen LogP contribution is -2.48. The number of sulfonamides is 1. The van der Waals surface area contributed by atoms with Crippen LogP contribution in [-0.4, -0.2) is 78.2 Å². The quantitative estimate of drug-likeness (QED) is 0.738. The molecule has 124 valence electrons. The molecular weight excluding hydrogens is 306 g/mol. The van der Waals surface area contributed by atoms with Crippen molar-refractivity contribution in [3.63, 3.8) is 0 Å². The number of fused-ring (bicyclic) bond motifs is 3. The third-order valence-electron chi connectivity index (χ3n) is 4.45. The summed E-state index contributed by atoms with van der Waals surface area (Å²) in [6.07, 6.45) is 3.53. The van der Waals surface area contributed by atoms with Crippen LogP contribution in [0.3, 0.4) is 0 Å². The second-order valence-electron chi connectivity index (χ2n) is 6.13. The Balaban J connectivity index is 1.56. The molecule has 2 atom stereocenters. The lowest BCUT2D eigenvalue weighted by atomic mass is 10.0. The van der Waals surface area contributed by atoms with Gasteiger partial charge in [-0.05, 0) is 19.4 Å². The molecular formula is C13H23N5O3S. The Kier molecular flexibility index (Phi) is 4.49. The van der Waals surface area contributed by atoms with Crippen molar-refractivity contribution in [1.82, 2.24) is 24.2 Å². The first-order valence-corrected chi connectivity index (χ1v) is 9.21. The average molecular weight is 329 g/mol. The maximum absolute atomic E-state index is 11.8. The van der Waals surface area contributed by atoms with Gasteiger partial charge in [-0.25, -0.2) is 17.4 Å². The van der Waals surface area contributed by atoms with Gasteiger partial charge in [-0.1, -0.05) is 5.21 Å². The van der Waals surface area contributed by atoms with Gasteiger partial charge < -0.3 is 9.64 Å². The molecule has 0 N–H and O–H groups in total. The number of rotatable bonds is 5. The van der Waals surface area contributed by atoms with Crippen LogP contribution >= 0.6 is 0 Å². The van der Waals surface area contributed by atoms with Crippen LogP contribution in [-0.2, 0) is 21.4 Å². The van der Waals surface area contributed by atoms with Gasteiger partial charge in [-0.3, -0.25) is 0 Å². The van der Waals surface area contributed by atoms with Crippen molar-refractivity contribution in [2.24, 2.45) is 0 Å². The molecule has 0 aliphatic carbocycles. The van der Waals surface area contributed by atoms with E-state index < -0.39 is 10.0 Å². The number of hydrogen-bond donors (Lipinski definition) is 0. The van der Waals surface area contributed by atoms with Gasteiger partial charge in [0, 0.05) is 27.2 Å². The number of likely N-dealkylation sites (tertiary alicyclic amines) is 1. The fraction of sp³-hybridized carbons (Fsp3) is 0.846. The Hall–Kier alpha value is -1.03. The maximum Gasteiger partial charge on any atom is 0.213 e.